The summed E-state index contributed by atoms with van der Waals surface area (Å²) in [6.07, 6.45) is 1.06. The number of hydrogen-bond acceptors (Lipinski definition) is 3. The van der Waals surface area contributed by atoms with Crippen molar-refractivity contribution in [1.82, 2.24) is 10.2 Å². The van der Waals surface area contributed by atoms with Gasteiger partial charge in [0.25, 0.3) is 0 Å². The maximum absolute atomic E-state index is 11.8. The minimum Gasteiger partial charge on any atom is -0.325 e. The van der Waals surface area contributed by atoms with Crippen LogP contribution in [0.3, 0.4) is 0 Å². The molecule has 0 aliphatic rings. The molecular weight excluding hydrogens is 366 g/mol. The summed E-state index contributed by atoms with van der Waals surface area (Å²) < 4.78 is 1.01. The number of benzene rings is 1. The van der Waals surface area contributed by atoms with Gasteiger partial charge in [-0.05, 0) is 57.2 Å². The second-order valence-electron chi connectivity index (χ2n) is 5.07. The average Bonchev–Trinajstić information content (AvgIpc) is 2.47. The first-order chi connectivity index (χ1) is 10.1. The van der Waals surface area contributed by atoms with Crippen LogP contribution in [0.4, 0.5) is 5.69 Å². The van der Waals surface area contributed by atoms with Gasteiger partial charge in [0.2, 0.25) is 5.91 Å². The minimum absolute atomic E-state index is 0. The van der Waals surface area contributed by atoms with Gasteiger partial charge in [0.15, 0.2) is 0 Å². The molecule has 0 atom stereocenters. The molecule has 0 aliphatic heterocycles. The zero-order valence-corrected chi connectivity index (χ0v) is 16.0. The number of aryl methyl sites for hydroxylation is 1. The monoisotopic (exact) mass is 391 g/mol. The molecule has 1 rings (SSSR count). The van der Waals surface area contributed by atoms with Crippen LogP contribution in [0.2, 0.25) is 0 Å². The van der Waals surface area contributed by atoms with E-state index in [1.54, 1.807) is 0 Å². The summed E-state index contributed by atoms with van der Waals surface area (Å²) in [5, 5.41) is 6.07. The number of hydrogen-bond donors (Lipinski definition) is 2. The quantitative estimate of drug-likeness (QED) is 0.633. The molecule has 6 heteroatoms. The SMILES string of the molecule is CCN(CC)CCCNCC(=O)Nc1ccc(C)c(Br)c1.Cl. The van der Waals surface area contributed by atoms with Gasteiger partial charge in [0.05, 0.1) is 6.54 Å². The molecule has 0 aliphatic carbocycles. The van der Waals surface area contributed by atoms with E-state index >= 15 is 0 Å². The second-order valence-corrected chi connectivity index (χ2v) is 5.92. The van der Waals surface area contributed by atoms with Crippen molar-refractivity contribution in [2.75, 3.05) is 38.0 Å². The van der Waals surface area contributed by atoms with E-state index < -0.39 is 0 Å². The summed E-state index contributed by atoms with van der Waals surface area (Å²) in [4.78, 5) is 14.2. The van der Waals surface area contributed by atoms with Crippen LogP contribution in [-0.2, 0) is 4.79 Å². The van der Waals surface area contributed by atoms with Crippen molar-refractivity contribution >= 4 is 39.9 Å². The van der Waals surface area contributed by atoms with E-state index in [2.05, 4.69) is 45.3 Å². The van der Waals surface area contributed by atoms with Crippen LogP contribution < -0.4 is 10.6 Å². The Kier molecular flexibility index (Phi) is 11.5. The predicted octanol–water partition coefficient (Wildman–Crippen LogP) is 3.44. The number of halogens is 2. The van der Waals surface area contributed by atoms with Gasteiger partial charge in [0.1, 0.15) is 0 Å². The Morgan fingerprint density at radius 2 is 1.95 bits per heavy atom. The lowest BCUT2D eigenvalue weighted by molar-refractivity contribution is -0.115. The molecule has 0 spiro atoms. The van der Waals surface area contributed by atoms with Gasteiger partial charge in [-0.15, -0.1) is 12.4 Å². The standard InChI is InChI=1S/C16H26BrN3O.ClH/c1-4-20(5-2)10-6-9-18-12-16(21)19-14-8-7-13(3)15(17)11-14;/h7-8,11,18H,4-6,9-10,12H2,1-3H3,(H,19,21);1H. The fraction of sp³-hybridized carbons (Fsp3) is 0.562. The summed E-state index contributed by atoms with van der Waals surface area (Å²) in [5.41, 5.74) is 1.98. The molecule has 0 heterocycles. The van der Waals surface area contributed by atoms with E-state index in [4.69, 9.17) is 0 Å². The molecule has 1 aromatic rings. The van der Waals surface area contributed by atoms with E-state index in [0.29, 0.717) is 6.54 Å². The smallest absolute Gasteiger partial charge is 0.238 e. The normalized spacial score (nSPS) is 10.4. The van der Waals surface area contributed by atoms with E-state index in [0.717, 1.165) is 48.3 Å². The number of anilines is 1. The Morgan fingerprint density at radius 1 is 1.27 bits per heavy atom. The number of amides is 1. The van der Waals surface area contributed by atoms with Crippen LogP contribution in [-0.4, -0.2) is 43.5 Å². The van der Waals surface area contributed by atoms with Gasteiger partial charge in [0, 0.05) is 10.2 Å². The Hall–Kier alpha value is -0.620. The number of nitrogens with one attached hydrogen (secondary N) is 2. The van der Waals surface area contributed by atoms with Crippen molar-refractivity contribution in [3.63, 3.8) is 0 Å². The lowest BCUT2D eigenvalue weighted by Crippen LogP contribution is -2.31. The van der Waals surface area contributed by atoms with Crippen LogP contribution >= 0.6 is 28.3 Å². The summed E-state index contributed by atoms with van der Waals surface area (Å²) >= 11 is 3.46. The maximum atomic E-state index is 11.8. The van der Waals surface area contributed by atoms with Crippen LogP contribution in [0, 0.1) is 6.92 Å². The Labute approximate surface area is 148 Å². The number of nitrogens with zero attached hydrogens (tertiary/aromatic N) is 1. The van der Waals surface area contributed by atoms with Crippen LogP contribution in [0.25, 0.3) is 0 Å². The van der Waals surface area contributed by atoms with E-state index in [1.807, 2.05) is 25.1 Å². The largest absolute Gasteiger partial charge is 0.325 e. The van der Waals surface area contributed by atoms with Crippen molar-refractivity contribution in [2.45, 2.75) is 27.2 Å². The Balaban J connectivity index is 0.00000441. The third-order valence-corrected chi connectivity index (χ3v) is 4.32. The first kappa shape index (κ1) is 21.4. The van der Waals surface area contributed by atoms with Crippen molar-refractivity contribution < 1.29 is 4.79 Å². The number of rotatable bonds is 9. The third kappa shape index (κ3) is 8.13. The molecule has 0 saturated heterocycles. The van der Waals surface area contributed by atoms with Gasteiger partial charge < -0.3 is 15.5 Å². The molecule has 22 heavy (non-hydrogen) atoms. The molecular formula is C16H27BrClN3O. The summed E-state index contributed by atoms with van der Waals surface area (Å²) in [6.45, 7) is 10.8. The Morgan fingerprint density at radius 3 is 2.55 bits per heavy atom. The highest BCUT2D eigenvalue weighted by Crippen LogP contribution is 2.20. The molecule has 0 radical (unpaired) electrons. The first-order valence-corrected chi connectivity index (χ1v) is 8.35. The van der Waals surface area contributed by atoms with Crippen molar-refractivity contribution in [1.29, 1.82) is 0 Å². The van der Waals surface area contributed by atoms with Crippen molar-refractivity contribution in [3.05, 3.63) is 28.2 Å². The Bertz CT molecular complexity index is 453. The molecule has 1 aromatic carbocycles. The van der Waals surface area contributed by atoms with Gasteiger partial charge in [-0.25, -0.2) is 0 Å². The minimum atomic E-state index is -0.00593. The highest BCUT2D eigenvalue weighted by Gasteiger charge is 2.04. The summed E-state index contributed by atoms with van der Waals surface area (Å²) in [6, 6.07) is 5.82. The van der Waals surface area contributed by atoms with Crippen molar-refractivity contribution in [3.8, 4) is 0 Å². The van der Waals surface area contributed by atoms with Gasteiger partial charge in [-0.1, -0.05) is 35.8 Å². The summed E-state index contributed by atoms with van der Waals surface area (Å²) in [5.74, 6) is -0.00593. The molecule has 4 nitrogen and oxygen atoms in total. The van der Waals surface area contributed by atoms with E-state index in [1.165, 1.54) is 0 Å². The van der Waals surface area contributed by atoms with Crippen LogP contribution in [0.5, 0.6) is 0 Å². The summed E-state index contributed by atoms with van der Waals surface area (Å²) in [7, 11) is 0. The molecule has 0 unspecified atom stereocenters. The molecule has 0 saturated carbocycles. The molecule has 0 bridgehead atoms. The second kappa shape index (κ2) is 11.9. The van der Waals surface area contributed by atoms with Crippen molar-refractivity contribution in [2.24, 2.45) is 0 Å². The predicted molar refractivity (Wildman–Crippen MR) is 100 cm³/mol. The zero-order chi connectivity index (χ0) is 15.7. The fourth-order valence-corrected chi connectivity index (χ4v) is 2.42. The van der Waals surface area contributed by atoms with Crippen LogP contribution in [0.1, 0.15) is 25.8 Å². The first-order valence-electron chi connectivity index (χ1n) is 7.55. The number of carbonyl (C=O) groups is 1. The molecule has 0 fully saturated rings. The van der Waals surface area contributed by atoms with Gasteiger partial charge >= 0.3 is 0 Å². The fourth-order valence-electron chi connectivity index (χ4n) is 2.05. The average molecular weight is 393 g/mol. The molecule has 2 N–H and O–H groups in total. The lowest BCUT2D eigenvalue weighted by atomic mass is 10.2. The van der Waals surface area contributed by atoms with Gasteiger partial charge in [-0.3, -0.25) is 4.79 Å². The molecule has 0 aromatic heterocycles. The molecule has 1 amide bonds. The van der Waals surface area contributed by atoms with E-state index in [9.17, 15) is 4.79 Å². The van der Waals surface area contributed by atoms with E-state index in [-0.39, 0.29) is 18.3 Å². The highest BCUT2D eigenvalue weighted by molar-refractivity contribution is 9.10. The lowest BCUT2D eigenvalue weighted by Gasteiger charge is -2.17. The van der Waals surface area contributed by atoms with Gasteiger partial charge in [-0.2, -0.15) is 0 Å². The van der Waals surface area contributed by atoms with Crippen LogP contribution in [0.15, 0.2) is 22.7 Å². The highest BCUT2D eigenvalue weighted by atomic mass is 79.9. The maximum Gasteiger partial charge on any atom is 0.238 e. The number of carbonyl (C=O) groups excluding carboxylic acids is 1. The topological polar surface area (TPSA) is 44.4 Å². The molecule has 126 valence electrons. The third-order valence-electron chi connectivity index (χ3n) is 3.46. The zero-order valence-electron chi connectivity index (χ0n) is 13.6.